The van der Waals surface area contributed by atoms with Crippen LogP contribution < -0.4 is 0 Å². The highest BCUT2D eigenvalue weighted by molar-refractivity contribution is 5.91. The van der Waals surface area contributed by atoms with Crippen molar-refractivity contribution in [2.24, 2.45) is 51.8 Å². The van der Waals surface area contributed by atoms with Crippen molar-refractivity contribution < 1.29 is 19.8 Å². The van der Waals surface area contributed by atoms with Crippen LogP contribution in [0.1, 0.15) is 128 Å². The van der Waals surface area contributed by atoms with Crippen LogP contribution >= 0.6 is 0 Å². The summed E-state index contributed by atoms with van der Waals surface area (Å²) < 4.78 is 0. The number of terminal acetylenes is 1. The van der Waals surface area contributed by atoms with Crippen LogP contribution in [-0.4, -0.2) is 27.4 Å². The molecule has 0 unspecified atom stereocenters. The summed E-state index contributed by atoms with van der Waals surface area (Å²) in [6, 6.07) is 5.87. The van der Waals surface area contributed by atoms with Gasteiger partial charge in [0.2, 0.25) is 0 Å². The minimum Gasteiger partial charge on any atom is -0.508 e. The molecule has 0 spiro atoms. The Balaban J connectivity index is 0.000000145. The molecule has 7 aliphatic rings. The fourth-order valence-corrected chi connectivity index (χ4v) is 13.0. The maximum Gasteiger partial charge on any atom is 0.155 e. The summed E-state index contributed by atoms with van der Waals surface area (Å²) >= 11 is 0. The lowest BCUT2D eigenvalue weighted by atomic mass is 9.47. The van der Waals surface area contributed by atoms with Crippen molar-refractivity contribution >= 4 is 11.6 Å². The van der Waals surface area contributed by atoms with Gasteiger partial charge in [-0.25, -0.2) is 0 Å². The number of allylic oxidation sites excluding steroid dienone is 1. The number of aromatic hydroxyl groups is 1. The Bertz CT molecular complexity index is 1470. The number of phenolic OH excluding ortho intramolecular Hbond substituents is 1. The van der Waals surface area contributed by atoms with E-state index in [9.17, 15) is 19.8 Å². The summed E-state index contributed by atoms with van der Waals surface area (Å²) in [4.78, 5) is 24.0. The molecule has 0 amide bonds. The second-order valence-corrected chi connectivity index (χ2v) is 17.1. The van der Waals surface area contributed by atoms with E-state index in [0.717, 1.165) is 82.0 Å². The van der Waals surface area contributed by atoms with Gasteiger partial charge < -0.3 is 10.2 Å². The van der Waals surface area contributed by atoms with Crippen LogP contribution in [0.5, 0.6) is 5.75 Å². The second-order valence-electron chi connectivity index (χ2n) is 17.1. The molecule has 1 aromatic carbocycles. The van der Waals surface area contributed by atoms with Crippen LogP contribution in [0.2, 0.25) is 0 Å². The van der Waals surface area contributed by atoms with E-state index in [4.69, 9.17) is 6.42 Å². The molecule has 2 N–H and O–H groups in total. The van der Waals surface area contributed by atoms with E-state index in [1.807, 2.05) is 18.2 Å². The number of carbonyl (C=O) groups excluding carboxylic acids is 2. The quantitative estimate of drug-likeness (QED) is 0.314. The van der Waals surface area contributed by atoms with Gasteiger partial charge in [-0.3, -0.25) is 9.59 Å². The average molecular weight is 611 g/mol. The van der Waals surface area contributed by atoms with Gasteiger partial charge in [0.15, 0.2) is 5.78 Å². The van der Waals surface area contributed by atoms with Gasteiger partial charge in [0.1, 0.15) is 17.1 Å². The molecule has 7 aliphatic carbocycles. The minimum absolute atomic E-state index is 0.128. The molecule has 0 aliphatic heterocycles. The maximum absolute atomic E-state index is 12.1. The highest BCUT2D eigenvalue weighted by Gasteiger charge is 2.62. The van der Waals surface area contributed by atoms with Gasteiger partial charge in [0.25, 0.3) is 0 Å². The number of aliphatic hydroxyl groups is 1. The van der Waals surface area contributed by atoms with E-state index in [-0.39, 0.29) is 16.2 Å². The normalized spacial score (nSPS) is 46.0. The molecule has 0 aromatic heterocycles. The first kappa shape index (κ1) is 31.2. The third kappa shape index (κ3) is 4.57. The molecule has 0 saturated heterocycles. The first-order valence-corrected chi connectivity index (χ1v) is 18.1. The predicted octanol–water partition coefficient (Wildman–Crippen LogP) is 8.34. The molecule has 5 saturated carbocycles. The van der Waals surface area contributed by atoms with Crippen molar-refractivity contribution in [1.29, 1.82) is 0 Å². The number of rotatable bonds is 1. The molecule has 4 nitrogen and oxygen atoms in total. The maximum atomic E-state index is 12.1. The van der Waals surface area contributed by atoms with Crippen LogP contribution in [0.25, 0.3) is 0 Å². The molecule has 1 aromatic rings. The lowest BCUT2D eigenvalue weighted by Crippen LogP contribution is -2.51. The number of hydrogen-bond donors (Lipinski definition) is 2. The van der Waals surface area contributed by atoms with Gasteiger partial charge in [-0.2, -0.15) is 0 Å². The van der Waals surface area contributed by atoms with Crippen LogP contribution in [0.4, 0.5) is 0 Å². The van der Waals surface area contributed by atoms with Crippen molar-refractivity contribution in [3.8, 4) is 18.1 Å². The SMILES string of the molecule is C#C[C@]1(O)CC[C@H]2[C@@H]3CCc4cc(O)ccc4[C@H]3CC[C@@]21C.CC(=O)[C@H]1CC[C@H]2[C@@H]3CCC4=CC(=O)CC[C@]4(C)[C@H]3CC[C@]12C. The fourth-order valence-electron chi connectivity index (χ4n) is 13.0. The Labute approximate surface area is 270 Å². The lowest BCUT2D eigenvalue weighted by Gasteiger charge is -2.58. The fraction of sp³-hybridized carbons (Fsp3) is 0.707. The average Bonchev–Trinajstić information content (AvgIpc) is 3.51. The topological polar surface area (TPSA) is 74.6 Å². The van der Waals surface area contributed by atoms with Crippen molar-refractivity contribution in [3.63, 3.8) is 0 Å². The molecule has 0 bridgehead atoms. The van der Waals surface area contributed by atoms with Crippen molar-refractivity contribution in [3.05, 3.63) is 41.0 Å². The smallest absolute Gasteiger partial charge is 0.155 e. The molecule has 0 heterocycles. The van der Waals surface area contributed by atoms with E-state index in [1.54, 1.807) is 6.92 Å². The molecule has 0 radical (unpaired) electrons. The Morgan fingerprint density at radius 3 is 2.38 bits per heavy atom. The van der Waals surface area contributed by atoms with Gasteiger partial charge in [-0.15, -0.1) is 6.42 Å². The van der Waals surface area contributed by atoms with Gasteiger partial charge in [-0.1, -0.05) is 38.3 Å². The largest absolute Gasteiger partial charge is 0.508 e. The van der Waals surface area contributed by atoms with E-state index < -0.39 is 5.60 Å². The summed E-state index contributed by atoms with van der Waals surface area (Å²) in [6.45, 7) is 8.86. The zero-order valence-corrected chi connectivity index (χ0v) is 28.0. The van der Waals surface area contributed by atoms with E-state index in [2.05, 4.69) is 32.8 Å². The predicted molar refractivity (Wildman–Crippen MR) is 177 cm³/mol. The molecule has 11 atom stereocenters. The van der Waals surface area contributed by atoms with Gasteiger partial charge in [0, 0.05) is 17.8 Å². The molecule has 4 heteroatoms. The number of ketones is 2. The molecular formula is C41H54O4. The molecule has 8 rings (SSSR count). The number of hydrogen-bond acceptors (Lipinski definition) is 4. The second kappa shape index (κ2) is 10.8. The van der Waals surface area contributed by atoms with Crippen LogP contribution in [0, 0.1) is 64.1 Å². The van der Waals surface area contributed by atoms with E-state index >= 15 is 0 Å². The molecular weight excluding hydrogens is 556 g/mol. The van der Waals surface area contributed by atoms with Crippen molar-refractivity contribution in [2.75, 3.05) is 0 Å². The Morgan fingerprint density at radius 2 is 1.62 bits per heavy atom. The van der Waals surface area contributed by atoms with Crippen molar-refractivity contribution in [2.45, 2.75) is 129 Å². The van der Waals surface area contributed by atoms with Gasteiger partial charge >= 0.3 is 0 Å². The Kier molecular flexibility index (Phi) is 7.52. The number of Topliss-reactive ketones (excluding diaryl/α,β-unsaturated/α-hetero) is 1. The van der Waals surface area contributed by atoms with Gasteiger partial charge in [-0.05, 0) is 166 Å². The highest BCUT2D eigenvalue weighted by Crippen LogP contribution is 2.67. The Morgan fingerprint density at radius 1 is 0.867 bits per heavy atom. The van der Waals surface area contributed by atoms with Crippen molar-refractivity contribution in [1.82, 2.24) is 0 Å². The van der Waals surface area contributed by atoms with E-state index in [1.165, 1.54) is 42.4 Å². The first-order valence-electron chi connectivity index (χ1n) is 18.1. The molecule has 242 valence electrons. The summed E-state index contributed by atoms with van der Waals surface area (Å²) in [6.07, 6.45) is 22.7. The lowest BCUT2D eigenvalue weighted by molar-refractivity contribution is -0.128. The standard InChI is InChI=1S/C21H30O2.C20H24O2/c1-13(22)17-6-7-18-16-5-4-14-12-15(23)8-10-20(14,2)19(16)9-11-21(17,18)3;1-3-20(22)11-9-18-17-6-4-13-12-14(21)5-7-15(13)16(17)8-10-19(18,20)2/h12,16-19H,4-11H2,1-3H3;1,5,7,12,16-18,21-22H,4,6,8-11H2,2H3/t16-,17+,18-,19-,20-,21+;16-,17-,18+,19+,20+/m01/s1. The van der Waals surface area contributed by atoms with Crippen LogP contribution in [0.3, 0.4) is 0 Å². The third-order valence-electron chi connectivity index (χ3n) is 15.6. The first-order chi connectivity index (χ1) is 21.3. The number of benzene rings is 1. The monoisotopic (exact) mass is 610 g/mol. The zero-order valence-electron chi connectivity index (χ0n) is 28.0. The minimum atomic E-state index is -0.919. The third-order valence-corrected chi connectivity index (χ3v) is 15.6. The van der Waals surface area contributed by atoms with E-state index in [0.29, 0.717) is 41.0 Å². The highest BCUT2D eigenvalue weighted by atomic mass is 16.3. The zero-order chi connectivity index (χ0) is 31.9. The molecule has 5 fully saturated rings. The Hall–Kier alpha value is -2.38. The summed E-state index contributed by atoms with van der Waals surface area (Å²) in [7, 11) is 0. The summed E-state index contributed by atoms with van der Waals surface area (Å²) in [5, 5.41) is 20.6. The number of carbonyl (C=O) groups is 2. The summed E-state index contributed by atoms with van der Waals surface area (Å²) in [5.41, 5.74) is 3.64. The number of phenols is 1. The summed E-state index contributed by atoms with van der Waals surface area (Å²) in [5.74, 6) is 8.11. The van der Waals surface area contributed by atoms with Crippen LogP contribution in [-0.2, 0) is 16.0 Å². The van der Waals surface area contributed by atoms with Gasteiger partial charge in [0.05, 0.1) is 0 Å². The number of fused-ring (bicyclic) bond motifs is 10. The molecule has 45 heavy (non-hydrogen) atoms. The number of aryl methyl sites for hydroxylation is 1. The van der Waals surface area contributed by atoms with Crippen LogP contribution in [0.15, 0.2) is 29.8 Å².